The molecule has 9 heteroatoms. The van der Waals surface area contributed by atoms with E-state index in [4.69, 9.17) is 28.4 Å². The lowest BCUT2D eigenvalue weighted by atomic mass is 10.2. The minimum Gasteiger partial charge on any atom is -0.288 e. The van der Waals surface area contributed by atoms with Crippen molar-refractivity contribution in [1.29, 1.82) is 0 Å². The smallest absolute Gasteiger partial charge is 0.267 e. The third kappa shape index (κ3) is 4.72. The summed E-state index contributed by atoms with van der Waals surface area (Å²) >= 11 is 11.7. The predicted octanol–water partition coefficient (Wildman–Crippen LogP) is 3.31. The van der Waals surface area contributed by atoms with Gasteiger partial charge in [0.1, 0.15) is 0 Å². The number of hydroxylamine groups is 1. The van der Waals surface area contributed by atoms with E-state index in [0.29, 0.717) is 10.6 Å². The van der Waals surface area contributed by atoms with Gasteiger partial charge in [-0.15, -0.1) is 0 Å². The van der Waals surface area contributed by atoms with Crippen molar-refractivity contribution >= 4 is 50.9 Å². The van der Waals surface area contributed by atoms with E-state index in [1.165, 1.54) is 48.0 Å². The lowest BCUT2D eigenvalue weighted by molar-refractivity contribution is -0.124. The van der Waals surface area contributed by atoms with Gasteiger partial charge in [0.2, 0.25) is 0 Å². The Kier molecular flexibility index (Phi) is 5.84. The Labute approximate surface area is 148 Å². The number of hydrogen-bond acceptors (Lipinski definition) is 4. The second-order valence-electron chi connectivity index (χ2n) is 4.61. The fourth-order valence-corrected chi connectivity index (χ4v) is 3.42. The van der Waals surface area contributed by atoms with Crippen LogP contribution in [0.3, 0.4) is 0 Å². The van der Waals surface area contributed by atoms with Crippen LogP contribution in [0, 0.1) is 0 Å². The Bertz CT molecular complexity index is 898. The molecule has 1 amide bonds. The standard InChI is InChI=1S/C15H12Cl2N2O4S/c16-11-5-6-14(13(17)9-11)19-24(22,23)12-3-1-2-10(8-12)4-7-15(20)18-21/h1-9,19,21H,(H,18,20). The molecule has 0 heterocycles. The van der Waals surface area contributed by atoms with Gasteiger partial charge in [-0.3, -0.25) is 14.7 Å². The second-order valence-corrected chi connectivity index (χ2v) is 7.14. The molecule has 0 saturated heterocycles. The third-order valence-corrected chi connectivity index (χ3v) is 4.79. The summed E-state index contributed by atoms with van der Waals surface area (Å²) in [4.78, 5) is 11.0. The number of carbonyl (C=O) groups is 1. The van der Waals surface area contributed by atoms with Gasteiger partial charge in [0.15, 0.2) is 0 Å². The van der Waals surface area contributed by atoms with Crippen LogP contribution in [0.1, 0.15) is 5.56 Å². The summed E-state index contributed by atoms with van der Waals surface area (Å²) in [5, 5.41) is 8.98. The molecule has 0 fully saturated rings. The minimum atomic E-state index is -3.88. The van der Waals surface area contributed by atoms with E-state index < -0.39 is 15.9 Å². The van der Waals surface area contributed by atoms with Crippen molar-refractivity contribution in [2.75, 3.05) is 4.72 Å². The third-order valence-electron chi connectivity index (χ3n) is 2.88. The maximum Gasteiger partial charge on any atom is 0.267 e. The zero-order valence-corrected chi connectivity index (χ0v) is 14.4. The lowest BCUT2D eigenvalue weighted by Gasteiger charge is -2.10. The number of benzene rings is 2. The molecule has 3 N–H and O–H groups in total. The highest BCUT2D eigenvalue weighted by Crippen LogP contribution is 2.27. The number of amides is 1. The summed E-state index contributed by atoms with van der Waals surface area (Å²) in [6.45, 7) is 0. The molecule has 2 aromatic rings. The van der Waals surface area contributed by atoms with E-state index >= 15 is 0 Å². The molecule has 2 rings (SSSR count). The molecule has 0 bridgehead atoms. The van der Waals surface area contributed by atoms with Crippen LogP contribution in [-0.4, -0.2) is 19.5 Å². The summed E-state index contributed by atoms with van der Waals surface area (Å²) in [6, 6.07) is 10.3. The molecule has 0 saturated carbocycles. The second kappa shape index (κ2) is 7.67. The van der Waals surface area contributed by atoms with E-state index in [2.05, 4.69) is 4.72 Å². The summed E-state index contributed by atoms with van der Waals surface area (Å²) < 4.78 is 27.2. The molecule has 0 aliphatic rings. The Morgan fingerprint density at radius 2 is 1.88 bits per heavy atom. The van der Waals surface area contributed by atoms with Crippen LogP contribution in [0.4, 0.5) is 5.69 Å². The van der Waals surface area contributed by atoms with Crippen LogP contribution in [0.15, 0.2) is 53.4 Å². The Morgan fingerprint density at radius 1 is 1.12 bits per heavy atom. The average molecular weight is 387 g/mol. The topological polar surface area (TPSA) is 95.5 Å². The van der Waals surface area contributed by atoms with Crippen molar-refractivity contribution < 1.29 is 18.4 Å². The van der Waals surface area contributed by atoms with Gasteiger partial charge in [-0.25, -0.2) is 13.9 Å². The van der Waals surface area contributed by atoms with Crippen molar-refractivity contribution in [3.63, 3.8) is 0 Å². The Balaban J connectivity index is 2.29. The first kappa shape index (κ1) is 18.3. The molecule has 24 heavy (non-hydrogen) atoms. The number of carbonyl (C=O) groups excluding carboxylic acids is 1. The zero-order valence-electron chi connectivity index (χ0n) is 12.0. The highest BCUT2D eigenvalue weighted by molar-refractivity contribution is 7.92. The summed E-state index contributed by atoms with van der Waals surface area (Å²) in [5.41, 5.74) is 2.10. The number of rotatable bonds is 5. The highest BCUT2D eigenvalue weighted by atomic mass is 35.5. The van der Waals surface area contributed by atoms with Crippen LogP contribution < -0.4 is 10.2 Å². The van der Waals surface area contributed by atoms with E-state index in [0.717, 1.165) is 6.08 Å². The Morgan fingerprint density at radius 3 is 2.54 bits per heavy atom. The van der Waals surface area contributed by atoms with Gasteiger partial charge in [0.05, 0.1) is 15.6 Å². The van der Waals surface area contributed by atoms with Crippen LogP contribution in [-0.2, 0) is 14.8 Å². The van der Waals surface area contributed by atoms with Gasteiger partial charge in [-0.2, -0.15) is 0 Å². The summed E-state index contributed by atoms with van der Waals surface area (Å²) in [6.07, 6.45) is 2.43. The summed E-state index contributed by atoms with van der Waals surface area (Å²) in [7, 11) is -3.88. The molecule has 6 nitrogen and oxygen atoms in total. The first-order valence-electron chi connectivity index (χ1n) is 6.52. The van der Waals surface area contributed by atoms with Crippen molar-refractivity contribution in [3.05, 3.63) is 64.1 Å². The zero-order chi connectivity index (χ0) is 17.7. The molecule has 126 valence electrons. The molecular weight excluding hydrogens is 375 g/mol. The van der Waals surface area contributed by atoms with Gasteiger partial charge < -0.3 is 0 Å². The van der Waals surface area contributed by atoms with Gasteiger partial charge >= 0.3 is 0 Å². The molecule has 0 aliphatic carbocycles. The number of anilines is 1. The fourth-order valence-electron chi connectivity index (χ4n) is 1.77. The van der Waals surface area contributed by atoms with Gasteiger partial charge in [0, 0.05) is 11.1 Å². The van der Waals surface area contributed by atoms with Gasteiger partial charge in [-0.05, 0) is 42.0 Å². The van der Waals surface area contributed by atoms with E-state index in [1.807, 2.05) is 0 Å². The van der Waals surface area contributed by atoms with E-state index in [-0.39, 0.29) is 15.6 Å². The van der Waals surface area contributed by atoms with Gasteiger partial charge in [-0.1, -0.05) is 35.3 Å². The normalized spacial score (nSPS) is 11.5. The molecular formula is C15H12Cl2N2O4S. The predicted molar refractivity (Wildman–Crippen MR) is 92.7 cm³/mol. The van der Waals surface area contributed by atoms with Crippen molar-refractivity contribution in [1.82, 2.24) is 5.48 Å². The van der Waals surface area contributed by atoms with Crippen molar-refractivity contribution in [2.45, 2.75) is 4.90 Å². The van der Waals surface area contributed by atoms with Gasteiger partial charge in [0.25, 0.3) is 15.9 Å². The number of sulfonamides is 1. The van der Waals surface area contributed by atoms with E-state index in [1.54, 1.807) is 6.07 Å². The molecule has 0 spiro atoms. The SMILES string of the molecule is O=C(C=Cc1cccc(S(=O)(=O)Nc2ccc(Cl)cc2Cl)c1)NO. The minimum absolute atomic E-state index is 0.0138. The van der Waals surface area contributed by atoms with Crippen molar-refractivity contribution in [3.8, 4) is 0 Å². The molecule has 0 unspecified atom stereocenters. The summed E-state index contributed by atoms with van der Waals surface area (Å²) in [5.74, 6) is -0.727. The monoisotopic (exact) mass is 386 g/mol. The van der Waals surface area contributed by atoms with Crippen LogP contribution >= 0.6 is 23.2 Å². The van der Waals surface area contributed by atoms with Crippen LogP contribution in [0.2, 0.25) is 10.0 Å². The first-order valence-corrected chi connectivity index (χ1v) is 8.76. The largest absolute Gasteiger partial charge is 0.288 e. The van der Waals surface area contributed by atoms with Crippen LogP contribution in [0.25, 0.3) is 6.08 Å². The molecule has 0 radical (unpaired) electrons. The molecule has 0 atom stereocenters. The Hall–Kier alpha value is -2.06. The lowest BCUT2D eigenvalue weighted by Crippen LogP contribution is -2.15. The number of halogens is 2. The molecule has 0 aromatic heterocycles. The highest BCUT2D eigenvalue weighted by Gasteiger charge is 2.16. The fraction of sp³-hybridized carbons (Fsp3) is 0. The number of nitrogens with one attached hydrogen (secondary N) is 2. The maximum atomic E-state index is 12.4. The first-order chi connectivity index (χ1) is 11.3. The number of hydrogen-bond donors (Lipinski definition) is 3. The molecule has 2 aromatic carbocycles. The maximum absolute atomic E-state index is 12.4. The molecule has 0 aliphatic heterocycles. The quantitative estimate of drug-likeness (QED) is 0.417. The van der Waals surface area contributed by atoms with E-state index in [9.17, 15) is 13.2 Å². The van der Waals surface area contributed by atoms with Crippen molar-refractivity contribution in [2.24, 2.45) is 0 Å². The average Bonchev–Trinajstić information content (AvgIpc) is 2.55. The van der Waals surface area contributed by atoms with Crippen LogP contribution in [0.5, 0.6) is 0 Å².